The number of methoxy groups -OCH3 is 1. The second-order valence-corrected chi connectivity index (χ2v) is 5.20. The van der Waals surface area contributed by atoms with Crippen LogP contribution in [0.15, 0.2) is 42.0 Å². The summed E-state index contributed by atoms with van der Waals surface area (Å²) in [6.45, 7) is 2.15. The van der Waals surface area contributed by atoms with Gasteiger partial charge in [0.15, 0.2) is 5.78 Å². The first-order chi connectivity index (χ1) is 10.6. The van der Waals surface area contributed by atoms with Gasteiger partial charge in [0.1, 0.15) is 23.9 Å². The maximum atomic E-state index is 12.5. The Balaban J connectivity index is 1.94. The molecular formula is C18H16O4. The number of hydrogen-bond acceptors (Lipinski definition) is 4. The number of phenols is 1. The summed E-state index contributed by atoms with van der Waals surface area (Å²) in [5, 5.41) is 9.44. The van der Waals surface area contributed by atoms with Crippen LogP contribution in [0.5, 0.6) is 17.2 Å². The third kappa shape index (κ3) is 2.55. The van der Waals surface area contributed by atoms with Crippen molar-refractivity contribution in [3.8, 4) is 17.2 Å². The fourth-order valence-corrected chi connectivity index (χ4v) is 2.51. The summed E-state index contributed by atoms with van der Waals surface area (Å²) in [5.74, 6) is 1.25. The Morgan fingerprint density at radius 2 is 2.05 bits per heavy atom. The third-order valence-corrected chi connectivity index (χ3v) is 3.64. The number of Topliss-reactive ketones (excluding diaryl/α,β-unsaturated/α-hetero) is 1. The van der Waals surface area contributed by atoms with E-state index in [-0.39, 0.29) is 18.1 Å². The number of hydrogen-bond donors (Lipinski definition) is 1. The van der Waals surface area contributed by atoms with Gasteiger partial charge in [-0.2, -0.15) is 0 Å². The average molecular weight is 296 g/mol. The third-order valence-electron chi connectivity index (χ3n) is 3.64. The lowest BCUT2D eigenvalue weighted by molar-refractivity contribution is 0.100. The number of carbonyl (C=O) groups excluding carboxylic acids is 1. The zero-order chi connectivity index (χ0) is 15.7. The fraction of sp³-hybridized carbons (Fsp3) is 0.167. The van der Waals surface area contributed by atoms with E-state index in [1.165, 1.54) is 12.1 Å². The van der Waals surface area contributed by atoms with Gasteiger partial charge >= 0.3 is 0 Å². The summed E-state index contributed by atoms with van der Waals surface area (Å²) in [7, 11) is 1.63. The molecule has 0 saturated carbocycles. The van der Waals surface area contributed by atoms with Crippen molar-refractivity contribution in [1.82, 2.24) is 0 Å². The largest absolute Gasteiger partial charge is 0.508 e. The van der Waals surface area contributed by atoms with Gasteiger partial charge < -0.3 is 14.6 Å². The summed E-state index contributed by atoms with van der Waals surface area (Å²) in [4.78, 5) is 12.5. The highest BCUT2D eigenvalue weighted by molar-refractivity contribution is 6.14. The molecule has 0 saturated heterocycles. The number of aryl methyl sites for hydroxylation is 1. The highest BCUT2D eigenvalue weighted by Gasteiger charge is 2.23. The van der Waals surface area contributed by atoms with Crippen LogP contribution in [0.2, 0.25) is 0 Å². The van der Waals surface area contributed by atoms with E-state index < -0.39 is 0 Å². The molecule has 2 aromatic rings. The highest BCUT2D eigenvalue weighted by atomic mass is 16.5. The number of ether oxygens (including phenoxy) is 2. The lowest BCUT2D eigenvalue weighted by Gasteiger charge is -2.19. The van der Waals surface area contributed by atoms with Gasteiger partial charge in [-0.15, -0.1) is 0 Å². The zero-order valence-electron chi connectivity index (χ0n) is 12.4. The molecule has 4 nitrogen and oxygen atoms in total. The minimum atomic E-state index is -0.0743. The number of phenolic OH excluding ortho intramolecular Hbond substituents is 1. The van der Waals surface area contributed by atoms with Crippen molar-refractivity contribution in [3.05, 3.63) is 58.7 Å². The molecule has 1 aliphatic heterocycles. The average Bonchev–Trinajstić information content (AvgIpc) is 2.50. The zero-order valence-corrected chi connectivity index (χ0v) is 12.4. The quantitative estimate of drug-likeness (QED) is 0.863. The molecule has 0 aliphatic carbocycles. The van der Waals surface area contributed by atoms with Gasteiger partial charge in [-0.25, -0.2) is 0 Å². The highest BCUT2D eigenvalue weighted by Crippen LogP contribution is 2.31. The SMILES string of the molecule is COc1ccc(C=C2COc3cc(O)ccc3C2=O)cc1C. The molecule has 22 heavy (non-hydrogen) atoms. The molecule has 1 heterocycles. The van der Waals surface area contributed by atoms with Gasteiger partial charge in [0.25, 0.3) is 0 Å². The Labute approximate surface area is 128 Å². The Morgan fingerprint density at radius 1 is 1.23 bits per heavy atom. The molecule has 4 heteroatoms. The van der Waals surface area contributed by atoms with E-state index in [1.807, 2.05) is 31.2 Å². The van der Waals surface area contributed by atoms with Gasteiger partial charge in [0.05, 0.1) is 12.7 Å². The van der Waals surface area contributed by atoms with Gasteiger partial charge in [-0.1, -0.05) is 6.07 Å². The van der Waals surface area contributed by atoms with E-state index in [9.17, 15) is 9.90 Å². The van der Waals surface area contributed by atoms with Crippen LogP contribution >= 0.6 is 0 Å². The molecule has 1 aliphatic rings. The van der Waals surface area contributed by atoms with E-state index >= 15 is 0 Å². The standard InChI is InChI=1S/C18H16O4/c1-11-7-12(3-6-16(11)21-2)8-13-10-22-17-9-14(19)4-5-15(17)18(13)20/h3-9,19H,10H2,1-2H3. The molecule has 0 bridgehead atoms. The minimum absolute atomic E-state index is 0.0743. The number of carbonyl (C=O) groups is 1. The molecule has 1 N–H and O–H groups in total. The van der Waals surface area contributed by atoms with Crippen LogP contribution in [0.25, 0.3) is 6.08 Å². The van der Waals surface area contributed by atoms with E-state index in [4.69, 9.17) is 9.47 Å². The van der Waals surface area contributed by atoms with Crippen molar-refractivity contribution in [2.24, 2.45) is 0 Å². The van der Waals surface area contributed by atoms with Gasteiger partial charge in [-0.05, 0) is 48.4 Å². The van der Waals surface area contributed by atoms with Crippen molar-refractivity contribution in [2.75, 3.05) is 13.7 Å². The number of rotatable bonds is 2. The molecule has 0 amide bonds. The topological polar surface area (TPSA) is 55.8 Å². The summed E-state index contributed by atoms with van der Waals surface area (Å²) in [5.41, 5.74) is 2.99. The second-order valence-electron chi connectivity index (χ2n) is 5.20. The maximum absolute atomic E-state index is 12.5. The first-order valence-electron chi connectivity index (χ1n) is 6.94. The fourth-order valence-electron chi connectivity index (χ4n) is 2.51. The number of fused-ring (bicyclic) bond motifs is 1. The molecule has 0 fully saturated rings. The smallest absolute Gasteiger partial charge is 0.196 e. The molecular weight excluding hydrogens is 280 g/mol. The van der Waals surface area contributed by atoms with Gasteiger partial charge in [0, 0.05) is 11.6 Å². The maximum Gasteiger partial charge on any atom is 0.196 e. The first-order valence-corrected chi connectivity index (χ1v) is 6.94. The Hall–Kier alpha value is -2.75. The molecule has 0 atom stereocenters. The molecule has 0 unspecified atom stereocenters. The lowest BCUT2D eigenvalue weighted by atomic mass is 9.98. The van der Waals surface area contributed by atoms with Crippen molar-refractivity contribution in [1.29, 1.82) is 0 Å². The predicted octanol–water partition coefficient (Wildman–Crippen LogP) is 3.37. The monoisotopic (exact) mass is 296 g/mol. The number of ketones is 1. The van der Waals surface area contributed by atoms with Crippen molar-refractivity contribution >= 4 is 11.9 Å². The number of aromatic hydroxyl groups is 1. The van der Waals surface area contributed by atoms with Gasteiger partial charge in [-0.3, -0.25) is 4.79 Å². The Bertz CT molecular complexity index is 775. The Morgan fingerprint density at radius 3 is 2.77 bits per heavy atom. The van der Waals surface area contributed by atoms with E-state index in [2.05, 4.69) is 0 Å². The summed E-state index contributed by atoms with van der Waals surface area (Å²) >= 11 is 0. The molecule has 2 aromatic carbocycles. The van der Waals surface area contributed by atoms with Crippen LogP contribution in [0.4, 0.5) is 0 Å². The van der Waals surface area contributed by atoms with Crippen molar-refractivity contribution < 1.29 is 19.4 Å². The van der Waals surface area contributed by atoms with Crippen LogP contribution in [0, 0.1) is 6.92 Å². The minimum Gasteiger partial charge on any atom is -0.508 e. The molecule has 0 spiro atoms. The number of benzene rings is 2. The van der Waals surface area contributed by atoms with Crippen LogP contribution in [0.3, 0.4) is 0 Å². The first kappa shape index (κ1) is 14.2. The summed E-state index contributed by atoms with van der Waals surface area (Å²) < 4.78 is 10.8. The van der Waals surface area contributed by atoms with Crippen molar-refractivity contribution in [2.45, 2.75) is 6.92 Å². The lowest BCUT2D eigenvalue weighted by Crippen LogP contribution is -2.18. The van der Waals surface area contributed by atoms with E-state index in [0.717, 1.165) is 16.9 Å². The van der Waals surface area contributed by atoms with E-state index in [1.54, 1.807) is 13.2 Å². The molecule has 0 aromatic heterocycles. The molecule has 0 radical (unpaired) electrons. The van der Waals surface area contributed by atoms with E-state index in [0.29, 0.717) is 16.9 Å². The normalized spacial score (nSPS) is 15.4. The van der Waals surface area contributed by atoms with Crippen molar-refractivity contribution in [3.63, 3.8) is 0 Å². The summed E-state index contributed by atoms with van der Waals surface area (Å²) in [6, 6.07) is 10.3. The Kier molecular flexibility index (Phi) is 3.59. The molecule has 3 rings (SSSR count). The van der Waals surface area contributed by atoms with Crippen LogP contribution in [0.1, 0.15) is 21.5 Å². The van der Waals surface area contributed by atoms with Gasteiger partial charge in [0.2, 0.25) is 0 Å². The van der Waals surface area contributed by atoms with Crippen LogP contribution in [-0.2, 0) is 0 Å². The predicted molar refractivity (Wildman–Crippen MR) is 83.6 cm³/mol. The summed E-state index contributed by atoms with van der Waals surface area (Å²) in [6.07, 6.45) is 1.82. The molecule has 112 valence electrons. The van der Waals surface area contributed by atoms with Crippen LogP contribution in [-0.4, -0.2) is 24.6 Å². The second kappa shape index (κ2) is 5.56. The van der Waals surface area contributed by atoms with Crippen LogP contribution < -0.4 is 9.47 Å².